The fraction of sp³-hybridized carbons (Fsp3) is 0.208. The van der Waals surface area contributed by atoms with Crippen molar-refractivity contribution < 1.29 is 14.3 Å². The van der Waals surface area contributed by atoms with Gasteiger partial charge >= 0.3 is 0 Å². The minimum atomic E-state index is 0.0173. The zero-order chi connectivity index (χ0) is 22.4. The van der Waals surface area contributed by atoms with E-state index in [2.05, 4.69) is 54.7 Å². The predicted molar refractivity (Wildman–Crippen MR) is 139 cm³/mol. The average Bonchev–Trinajstić information content (AvgIpc) is 3.20. The van der Waals surface area contributed by atoms with Gasteiger partial charge in [-0.25, -0.2) is 0 Å². The minimum absolute atomic E-state index is 0.0173. The third kappa shape index (κ3) is 6.54. The number of carbonyl (C=O) groups is 1. The van der Waals surface area contributed by atoms with Crippen LogP contribution in [0.3, 0.4) is 0 Å². The molecule has 0 saturated carbocycles. The van der Waals surface area contributed by atoms with Crippen LogP contribution in [0.25, 0.3) is 6.08 Å². The van der Waals surface area contributed by atoms with Gasteiger partial charge in [0.1, 0.15) is 18.1 Å². The van der Waals surface area contributed by atoms with Crippen LogP contribution in [-0.4, -0.2) is 12.9 Å². The summed E-state index contributed by atoms with van der Waals surface area (Å²) in [6.07, 6.45) is 5.54. The van der Waals surface area contributed by atoms with Crippen molar-refractivity contribution in [1.82, 2.24) is 0 Å². The molecule has 0 radical (unpaired) electrons. The first-order valence-corrected chi connectivity index (χ1v) is 12.9. The second-order valence-corrected chi connectivity index (χ2v) is 10.6. The molecule has 0 fully saturated rings. The quantitative estimate of drug-likeness (QED) is 0.176. The van der Waals surface area contributed by atoms with Gasteiger partial charge in [0.25, 0.3) is 0 Å². The number of thiophene rings is 1. The van der Waals surface area contributed by atoms with E-state index in [1.54, 1.807) is 24.5 Å². The Morgan fingerprint density at radius 1 is 1.06 bits per heavy atom. The fourth-order valence-electron chi connectivity index (χ4n) is 2.98. The Morgan fingerprint density at radius 2 is 1.81 bits per heavy atom. The largest absolute Gasteiger partial charge is 0.496 e. The molecular formula is C24H21Br3O3S. The smallest absolute Gasteiger partial charge is 0.195 e. The molecule has 2 aromatic carbocycles. The highest BCUT2D eigenvalue weighted by atomic mass is 79.9. The minimum Gasteiger partial charge on any atom is -0.496 e. The van der Waals surface area contributed by atoms with Crippen molar-refractivity contribution in [2.45, 2.75) is 26.4 Å². The Balaban J connectivity index is 1.75. The van der Waals surface area contributed by atoms with Crippen molar-refractivity contribution in [3.8, 4) is 11.5 Å². The Labute approximate surface area is 211 Å². The normalized spacial score (nSPS) is 11.1. The summed E-state index contributed by atoms with van der Waals surface area (Å²) < 4.78 is 14.2. The van der Waals surface area contributed by atoms with Gasteiger partial charge in [-0.3, -0.25) is 4.79 Å². The molecular weight excluding hydrogens is 608 g/mol. The summed E-state index contributed by atoms with van der Waals surface area (Å²) in [6, 6.07) is 13.6. The molecule has 3 aromatic rings. The van der Waals surface area contributed by atoms with E-state index in [9.17, 15) is 4.79 Å². The maximum Gasteiger partial charge on any atom is 0.195 e. The molecule has 31 heavy (non-hydrogen) atoms. The van der Waals surface area contributed by atoms with E-state index in [4.69, 9.17) is 9.47 Å². The van der Waals surface area contributed by atoms with E-state index < -0.39 is 0 Å². The van der Waals surface area contributed by atoms with Gasteiger partial charge in [0, 0.05) is 14.9 Å². The molecule has 1 heterocycles. The number of halogens is 3. The monoisotopic (exact) mass is 626 g/mol. The molecule has 3 rings (SSSR count). The van der Waals surface area contributed by atoms with Crippen LogP contribution in [0.15, 0.2) is 62.0 Å². The molecule has 0 bridgehead atoms. The molecule has 3 nitrogen and oxygen atoms in total. The number of carbonyl (C=O) groups excluding carboxylic acids is 1. The van der Waals surface area contributed by atoms with Crippen LogP contribution in [0.2, 0.25) is 0 Å². The summed E-state index contributed by atoms with van der Waals surface area (Å²) >= 11 is 12.1. The van der Waals surface area contributed by atoms with Crippen LogP contribution in [0.1, 0.15) is 39.0 Å². The molecule has 162 valence electrons. The second kappa shape index (κ2) is 11.5. The number of methoxy groups -OCH3 is 1. The van der Waals surface area contributed by atoms with Crippen molar-refractivity contribution >= 4 is 71.0 Å². The van der Waals surface area contributed by atoms with Gasteiger partial charge in [-0.2, -0.15) is 0 Å². The Kier molecular flexibility index (Phi) is 8.95. The predicted octanol–water partition coefficient (Wildman–Crippen LogP) is 8.47. The van der Waals surface area contributed by atoms with E-state index in [0.29, 0.717) is 12.4 Å². The number of ketones is 1. The summed E-state index contributed by atoms with van der Waals surface area (Å²) in [5.41, 5.74) is 1.80. The van der Waals surface area contributed by atoms with E-state index in [1.165, 1.54) is 4.88 Å². The van der Waals surface area contributed by atoms with Crippen LogP contribution in [0.5, 0.6) is 11.5 Å². The Morgan fingerprint density at radius 3 is 2.48 bits per heavy atom. The first kappa shape index (κ1) is 24.2. The molecule has 0 aliphatic rings. The molecule has 0 aliphatic carbocycles. The molecule has 0 spiro atoms. The van der Waals surface area contributed by atoms with Crippen molar-refractivity contribution in [1.29, 1.82) is 0 Å². The lowest BCUT2D eigenvalue weighted by Crippen LogP contribution is -2.00. The molecule has 0 saturated heterocycles. The van der Waals surface area contributed by atoms with Gasteiger partial charge in [-0.1, -0.05) is 41.4 Å². The SMILES string of the molecule is CCCc1ccc(C(=O)/C=C/c2ccc(OC)c(COc3c(Br)cc(Br)cc3Br)c2)s1. The maximum atomic E-state index is 12.5. The first-order valence-electron chi connectivity index (χ1n) is 9.66. The number of hydrogen-bond donors (Lipinski definition) is 0. The molecule has 0 unspecified atom stereocenters. The third-order valence-corrected chi connectivity index (χ3v) is 7.26. The molecule has 7 heteroatoms. The van der Waals surface area contributed by atoms with Crippen molar-refractivity contribution in [2.75, 3.05) is 7.11 Å². The highest BCUT2D eigenvalue weighted by molar-refractivity contribution is 9.11. The van der Waals surface area contributed by atoms with Gasteiger partial charge < -0.3 is 9.47 Å². The summed E-state index contributed by atoms with van der Waals surface area (Å²) in [5, 5.41) is 0. The van der Waals surface area contributed by atoms with Crippen molar-refractivity contribution in [3.63, 3.8) is 0 Å². The third-order valence-electron chi connectivity index (χ3n) is 4.47. The number of ether oxygens (including phenoxy) is 2. The lowest BCUT2D eigenvalue weighted by Gasteiger charge is -2.14. The number of hydrogen-bond acceptors (Lipinski definition) is 4. The van der Waals surface area contributed by atoms with Gasteiger partial charge in [0.2, 0.25) is 0 Å². The molecule has 0 aliphatic heterocycles. The maximum absolute atomic E-state index is 12.5. The zero-order valence-electron chi connectivity index (χ0n) is 17.1. The van der Waals surface area contributed by atoms with Gasteiger partial charge in [-0.15, -0.1) is 11.3 Å². The first-order chi connectivity index (χ1) is 14.9. The average molecular weight is 629 g/mol. The summed E-state index contributed by atoms with van der Waals surface area (Å²) in [7, 11) is 1.63. The highest BCUT2D eigenvalue weighted by Gasteiger charge is 2.11. The molecule has 1 aromatic heterocycles. The number of benzene rings is 2. The lowest BCUT2D eigenvalue weighted by atomic mass is 10.1. The van der Waals surface area contributed by atoms with Gasteiger partial charge in [0.15, 0.2) is 5.78 Å². The zero-order valence-corrected chi connectivity index (χ0v) is 22.7. The van der Waals surface area contributed by atoms with Crippen LogP contribution in [-0.2, 0) is 13.0 Å². The highest BCUT2D eigenvalue weighted by Crippen LogP contribution is 2.37. The molecule has 0 N–H and O–H groups in total. The van der Waals surface area contributed by atoms with E-state index in [1.807, 2.05) is 48.5 Å². The summed E-state index contributed by atoms with van der Waals surface area (Å²) in [6.45, 7) is 2.46. The topological polar surface area (TPSA) is 35.5 Å². The lowest BCUT2D eigenvalue weighted by molar-refractivity contribution is 0.105. The standard InChI is InChI=1S/C24H21Br3O3S/c1-3-4-18-7-10-23(31-18)21(28)8-5-15-6-9-22(29-2)16(11-15)14-30-24-19(26)12-17(25)13-20(24)27/h5-13H,3-4,14H2,1-2H3/b8-5+. The molecule has 0 atom stereocenters. The Hall–Kier alpha value is -1.41. The molecule has 0 amide bonds. The summed E-state index contributed by atoms with van der Waals surface area (Å²) in [4.78, 5) is 14.5. The van der Waals surface area contributed by atoms with Crippen molar-refractivity contribution in [2.24, 2.45) is 0 Å². The number of allylic oxidation sites excluding steroid dienone is 1. The fourth-order valence-corrected chi connectivity index (χ4v) is 6.49. The summed E-state index contributed by atoms with van der Waals surface area (Å²) in [5.74, 6) is 1.46. The number of aryl methyl sites for hydroxylation is 1. The van der Waals surface area contributed by atoms with Gasteiger partial charge in [0.05, 0.1) is 20.9 Å². The van der Waals surface area contributed by atoms with E-state index >= 15 is 0 Å². The Bertz CT molecular complexity index is 1080. The number of rotatable bonds is 9. The van der Waals surface area contributed by atoms with Crippen LogP contribution < -0.4 is 9.47 Å². The second-order valence-electron chi connectivity index (χ2n) is 6.77. The van der Waals surface area contributed by atoms with Crippen LogP contribution in [0.4, 0.5) is 0 Å². The van der Waals surface area contributed by atoms with Gasteiger partial charge in [-0.05, 0) is 86.3 Å². The van der Waals surface area contributed by atoms with Crippen molar-refractivity contribution in [3.05, 3.63) is 82.8 Å². The van der Waals surface area contributed by atoms with Crippen LogP contribution >= 0.6 is 59.1 Å². The van der Waals surface area contributed by atoms with E-state index in [-0.39, 0.29) is 5.78 Å². The van der Waals surface area contributed by atoms with Crippen LogP contribution in [0, 0.1) is 0 Å². The van der Waals surface area contributed by atoms with E-state index in [0.717, 1.165) is 48.0 Å².